The minimum absolute atomic E-state index is 0.372. The molecule has 0 aliphatic heterocycles. The summed E-state index contributed by atoms with van der Waals surface area (Å²) < 4.78 is 0. The largest absolute Gasteiger partial charge is 0.325 e. The monoisotopic (exact) mass is 370 g/mol. The lowest BCUT2D eigenvalue weighted by Gasteiger charge is -2.13. The molecule has 0 aliphatic rings. The Morgan fingerprint density at radius 3 is 1.68 bits per heavy atom. The minimum Gasteiger partial charge on any atom is -0.325 e. The molecule has 2 amide bonds. The lowest BCUT2D eigenvalue weighted by atomic mass is 10.1. The van der Waals surface area contributed by atoms with Crippen molar-refractivity contribution >= 4 is 45.0 Å². The Morgan fingerprint density at radius 1 is 0.750 bits per heavy atom. The Bertz CT molecular complexity index is 1100. The smallest absolute Gasteiger partial charge is 0.236 e. The normalized spacial score (nSPS) is 10.9. The Hall–Kier alpha value is -3.80. The van der Waals surface area contributed by atoms with E-state index in [4.69, 9.17) is 0 Å². The van der Waals surface area contributed by atoms with Gasteiger partial charge in [0.2, 0.25) is 11.8 Å². The van der Waals surface area contributed by atoms with E-state index >= 15 is 0 Å². The fraction of sp³-hybridized carbons (Fsp3) is 0.0909. The number of hydrogen-bond acceptors (Lipinski definition) is 4. The van der Waals surface area contributed by atoms with Crippen LogP contribution < -0.4 is 10.6 Å². The van der Waals surface area contributed by atoms with Gasteiger partial charge in [0.05, 0.1) is 11.0 Å². The summed E-state index contributed by atoms with van der Waals surface area (Å²) in [5, 5.41) is 7.42. The van der Waals surface area contributed by atoms with Crippen molar-refractivity contribution in [1.29, 1.82) is 0 Å². The molecule has 4 rings (SSSR count). The van der Waals surface area contributed by atoms with E-state index in [0.717, 1.165) is 21.8 Å². The molecule has 2 aromatic heterocycles. The average molecular weight is 370 g/mol. The standard InChI is InChI=1S/C22H18N4O2/c1-14(21(27)25-17-6-8-19-15(12-17)4-2-10-23-19)22(28)26-18-7-9-20-16(13-18)5-3-11-24-20/h2-14H,1H3,(H,25,27)(H,26,28). The molecule has 4 aromatic rings. The highest BCUT2D eigenvalue weighted by atomic mass is 16.2. The van der Waals surface area contributed by atoms with Crippen molar-refractivity contribution in [3.8, 4) is 0 Å². The van der Waals surface area contributed by atoms with Gasteiger partial charge in [-0.15, -0.1) is 0 Å². The van der Waals surface area contributed by atoms with E-state index in [9.17, 15) is 9.59 Å². The highest BCUT2D eigenvalue weighted by Gasteiger charge is 2.22. The summed E-state index contributed by atoms with van der Waals surface area (Å²) in [6, 6.07) is 18.4. The van der Waals surface area contributed by atoms with Crippen molar-refractivity contribution in [2.75, 3.05) is 10.6 Å². The van der Waals surface area contributed by atoms with E-state index < -0.39 is 5.92 Å². The summed E-state index contributed by atoms with van der Waals surface area (Å²) in [6.45, 7) is 1.58. The van der Waals surface area contributed by atoms with Gasteiger partial charge in [0.25, 0.3) is 0 Å². The van der Waals surface area contributed by atoms with Crippen LogP contribution in [0.3, 0.4) is 0 Å². The molecule has 0 saturated carbocycles. The van der Waals surface area contributed by atoms with Gasteiger partial charge in [0.1, 0.15) is 5.92 Å². The second-order valence-corrected chi connectivity index (χ2v) is 6.52. The minimum atomic E-state index is -0.853. The molecule has 0 aliphatic carbocycles. The van der Waals surface area contributed by atoms with Crippen molar-refractivity contribution in [2.24, 2.45) is 5.92 Å². The van der Waals surface area contributed by atoms with Crippen molar-refractivity contribution in [1.82, 2.24) is 9.97 Å². The van der Waals surface area contributed by atoms with Crippen molar-refractivity contribution < 1.29 is 9.59 Å². The fourth-order valence-electron chi connectivity index (χ4n) is 2.93. The van der Waals surface area contributed by atoms with E-state index in [1.165, 1.54) is 0 Å². The molecule has 0 atom stereocenters. The summed E-state index contributed by atoms with van der Waals surface area (Å²) >= 11 is 0. The average Bonchev–Trinajstić information content (AvgIpc) is 2.73. The number of amides is 2. The first-order valence-electron chi connectivity index (χ1n) is 8.91. The number of carbonyl (C=O) groups is 2. The highest BCUT2D eigenvalue weighted by molar-refractivity contribution is 6.11. The summed E-state index contributed by atoms with van der Waals surface area (Å²) in [7, 11) is 0. The zero-order valence-corrected chi connectivity index (χ0v) is 15.2. The van der Waals surface area contributed by atoms with Gasteiger partial charge in [-0.25, -0.2) is 0 Å². The van der Waals surface area contributed by atoms with Gasteiger partial charge in [-0.05, 0) is 55.5 Å². The zero-order valence-electron chi connectivity index (χ0n) is 15.2. The highest BCUT2D eigenvalue weighted by Crippen LogP contribution is 2.19. The molecule has 2 aromatic carbocycles. The maximum Gasteiger partial charge on any atom is 0.236 e. The van der Waals surface area contributed by atoms with Gasteiger partial charge in [-0.2, -0.15) is 0 Å². The van der Waals surface area contributed by atoms with Gasteiger partial charge in [0.15, 0.2) is 0 Å². The van der Waals surface area contributed by atoms with Crippen LogP contribution >= 0.6 is 0 Å². The van der Waals surface area contributed by atoms with E-state index in [-0.39, 0.29) is 11.8 Å². The summed E-state index contributed by atoms with van der Waals surface area (Å²) in [5.74, 6) is -1.60. The number of pyridine rings is 2. The molecule has 0 unspecified atom stereocenters. The van der Waals surface area contributed by atoms with Crippen LogP contribution in [-0.4, -0.2) is 21.8 Å². The number of rotatable bonds is 4. The molecule has 0 bridgehead atoms. The maximum atomic E-state index is 12.5. The fourth-order valence-corrected chi connectivity index (χ4v) is 2.93. The van der Waals surface area contributed by atoms with Crippen LogP contribution in [0.2, 0.25) is 0 Å². The number of nitrogens with one attached hydrogen (secondary N) is 2. The lowest BCUT2D eigenvalue weighted by molar-refractivity contribution is -0.128. The number of carbonyl (C=O) groups excluding carboxylic acids is 2. The molecular formula is C22H18N4O2. The Balaban J connectivity index is 1.45. The summed E-state index contributed by atoms with van der Waals surface area (Å²) in [4.78, 5) is 33.5. The maximum absolute atomic E-state index is 12.5. The molecule has 138 valence electrons. The van der Waals surface area contributed by atoms with Crippen LogP contribution in [0, 0.1) is 5.92 Å². The molecule has 2 N–H and O–H groups in total. The molecule has 0 fully saturated rings. The number of fused-ring (bicyclic) bond motifs is 2. The summed E-state index contributed by atoms with van der Waals surface area (Å²) in [6.07, 6.45) is 3.44. The molecule has 0 spiro atoms. The third-order valence-corrected chi connectivity index (χ3v) is 4.53. The van der Waals surface area contributed by atoms with Crippen LogP contribution in [-0.2, 0) is 9.59 Å². The van der Waals surface area contributed by atoms with E-state index in [0.29, 0.717) is 11.4 Å². The van der Waals surface area contributed by atoms with Crippen LogP contribution in [0.15, 0.2) is 73.1 Å². The predicted molar refractivity (Wildman–Crippen MR) is 110 cm³/mol. The van der Waals surface area contributed by atoms with Crippen LogP contribution in [0.25, 0.3) is 21.8 Å². The quantitative estimate of drug-likeness (QED) is 0.532. The van der Waals surface area contributed by atoms with Gasteiger partial charge in [-0.3, -0.25) is 19.6 Å². The Kier molecular flexibility index (Phi) is 4.68. The number of hydrogen-bond donors (Lipinski definition) is 2. The molecule has 0 radical (unpaired) electrons. The molecule has 2 heterocycles. The lowest BCUT2D eigenvalue weighted by Crippen LogP contribution is -2.31. The summed E-state index contributed by atoms with van der Waals surface area (Å²) in [5.41, 5.74) is 2.94. The molecular weight excluding hydrogens is 352 g/mol. The molecule has 0 saturated heterocycles. The molecule has 28 heavy (non-hydrogen) atoms. The van der Waals surface area contributed by atoms with Crippen LogP contribution in [0.4, 0.5) is 11.4 Å². The predicted octanol–water partition coefficient (Wildman–Crippen LogP) is 4.00. The third kappa shape index (κ3) is 3.66. The first-order chi connectivity index (χ1) is 13.6. The number of anilines is 2. The van der Waals surface area contributed by atoms with E-state index in [1.54, 1.807) is 31.5 Å². The van der Waals surface area contributed by atoms with Crippen LogP contribution in [0.1, 0.15) is 6.92 Å². The molecule has 6 heteroatoms. The van der Waals surface area contributed by atoms with E-state index in [1.807, 2.05) is 48.5 Å². The number of benzene rings is 2. The topological polar surface area (TPSA) is 84.0 Å². The number of nitrogens with zero attached hydrogens (tertiary/aromatic N) is 2. The van der Waals surface area contributed by atoms with Gasteiger partial charge >= 0.3 is 0 Å². The van der Waals surface area contributed by atoms with E-state index in [2.05, 4.69) is 20.6 Å². The van der Waals surface area contributed by atoms with Crippen LogP contribution in [0.5, 0.6) is 0 Å². The second kappa shape index (κ2) is 7.44. The number of aromatic nitrogens is 2. The first-order valence-corrected chi connectivity index (χ1v) is 8.91. The van der Waals surface area contributed by atoms with Crippen molar-refractivity contribution in [2.45, 2.75) is 6.92 Å². The SMILES string of the molecule is CC(C(=O)Nc1ccc2ncccc2c1)C(=O)Nc1ccc2ncccc2c1. The molecule has 6 nitrogen and oxygen atoms in total. The Morgan fingerprint density at radius 2 is 1.21 bits per heavy atom. The van der Waals surface area contributed by atoms with Crippen molar-refractivity contribution in [3.05, 3.63) is 73.1 Å². The van der Waals surface area contributed by atoms with Gasteiger partial charge in [0, 0.05) is 34.5 Å². The van der Waals surface area contributed by atoms with Gasteiger partial charge in [-0.1, -0.05) is 12.1 Å². The Labute approximate surface area is 161 Å². The zero-order chi connectivity index (χ0) is 19.5. The third-order valence-electron chi connectivity index (χ3n) is 4.53. The van der Waals surface area contributed by atoms with Gasteiger partial charge < -0.3 is 10.6 Å². The second-order valence-electron chi connectivity index (χ2n) is 6.52. The van der Waals surface area contributed by atoms with Crippen molar-refractivity contribution in [3.63, 3.8) is 0 Å². The first kappa shape index (κ1) is 17.6.